The molecule has 4 rings (SSSR count). The van der Waals surface area contributed by atoms with E-state index in [0.717, 1.165) is 27.2 Å². The van der Waals surface area contributed by atoms with Crippen LogP contribution < -0.4 is 15.0 Å². The number of nitrogens with zero attached hydrogens (tertiary/aromatic N) is 1. The number of carbonyl (C=O) groups excluding carboxylic acids is 3. The van der Waals surface area contributed by atoms with Gasteiger partial charge in [0.15, 0.2) is 0 Å². The van der Waals surface area contributed by atoms with Gasteiger partial charge >= 0.3 is 6.03 Å². The monoisotopic (exact) mass is 440 g/mol. The zero-order chi connectivity index (χ0) is 23.5. The minimum absolute atomic E-state index is 0.141. The number of anilines is 1. The number of nitrogens with one attached hydrogen (secondary N) is 1. The van der Waals surface area contributed by atoms with Crippen LogP contribution >= 0.6 is 0 Å². The van der Waals surface area contributed by atoms with Gasteiger partial charge in [0.05, 0.1) is 5.69 Å². The third-order valence-corrected chi connectivity index (χ3v) is 5.29. The van der Waals surface area contributed by atoms with E-state index >= 15 is 0 Å². The maximum Gasteiger partial charge on any atom is 0.335 e. The highest BCUT2D eigenvalue weighted by Gasteiger charge is 2.36. The molecule has 3 aromatic carbocycles. The van der Waals surface area contributed by atoms with E-state index in [0.29, 0.717) is 23.6 Å². The van der Waals surface area contributed by atoms with Crippen LogP contribution in [0.5, 0.6) is 5.75 Å². The third-order valence-electron chi connectivity index (χ3n) is 5.29. The number of urea groups is 1. The molecule has 3 aromatic rings. The zero-order valence-electron chi connectivity index (χ0n) is 18.7. The standard InChI is InChI=1S/C27H24N2O4/c1-17-8-10-22(11-9-17)29-26(31)23(25(30)28-27(29)32)15-21-6-4-5-7-24(21)33-16-20-13-18(2)12-19(3)14-20/h4-15H,16H2,1-3H3,(H,28,30,32)/b23-15+. The first-order valence-corrected chi connectivity index (χ1v) is 10.6. The average molecular weight is 440 g/mol. The Kier molecular flexibility index (Phi) is 6.09. The van der Waals surface area contributed by atoms with E-state index in [1.165, 1.54) is 6.08 Å². The highest BCUT2D eigenvalue weighted by Crippen LogP contribution is 2.26. The van der Waals surface area contributed by atoms with Crippen LogP contribution in [-0.2, 0) is 16.2 Å². The minimum Gasteiger partial charge on any atom is -0.488 e. The number of benzene rings is 3. The van der Waals surface area contributed by atoms with Crippen LogP contribution in [0.2, 0.25) is 0 Å². The average Bonchev–Trinajstić information content (AvgIpc) is 2.76. The number of amides is 4. The van der Waals surface area contributed by atoms with Crippen LogP contribution in [0.3, 0.4) is 0 Å². The van der Waals surface area contributed by atoms with Gasteiger partial charge in [-0.3, -0.25) is 14.9 Å². The summed E-state index contributed by atoms with van der Waals surface area (Å²) in [5.74, 6) is -0.891. The lowest BCUT2D eigenvalue weighted by Crippen LogP contribution is -2.54. The molecule has 33 heavy (non-hydrogen) atoms. The number of ether oxygens (including phenoxy) is 1. The first kappa shape index (κ1) is 22.0. The number of imide groups is 2. The lowest BCUT2D eigenvalue weighted by molar-refractivity contribution is -0.122. The molecule has 0 spiro atoms. The summed E-state index contributed by atoms with van der Waals surface area (Å²) in [6.45, 7) is 6.31. The molecule has 1 heterocycles. The molecule has 0 aliphatic carbocycles. The quantitative estimate of drug-likeness (QED) is 0.454. The number of barbiturate groups is 1. The molecule has 1 aliphatic heterocycles. The van der Waals surface area contributed by atoms with Crippen LogP contribution in [0.4, 0.5) is 10.5 Å². The summed E-state index contributed by atoms with van der Waals surface area (Å²) in [7, 11) is 0. The largest absolute Gasteiger partial charge is 0.488 e. The lowest BCUT2D eigenvalue weighted by atomic mass is 10.1. The molecule has 6 nitrogen and oxygen atoms in total. The van der Waals surface area contributed by atoms with Crippen molar-refractivity contribution >= 4 is 29.6 Å². The maximum atomic E-state index is 13.1. The molecule has 0 aromatic heterocycles. The molecule has 6 heteroatoms. The van der Waals surface area contributed by atoms with Gasteiger partial charge in [-0.05, 0) is 50.6 Å². The van der Waals surface area contributed by atoms with E-state index in [1.54, 1.807) is 42.5 Å². The van der Waals surface area contributed by atoms with Gasteiger partial charge in [-0.2, -0.15) is 0 Å². The smallest absolute Gasteiger partial charge is 0.335 e. The lowest BCUT2D eigenvalue weighted by Gasteiger charge is -2.26. The van der Waals surface area contributed by atoms with Gasteiger partial charge in [-0.15, -0.1) is 0 Å². The summed E-state index contributed by atoms with van der Waals surface area (Å²) >= 11 is 0. The number of hydrogen-bond acceptors (Lipinski definition) is 4. The number of carbonyl (C=O) groups is 3. The van der Waals surface area contributed by atoms with Gasteiger partial charge in [0.25, 0.3) is 11.8 Å². The first-order valence-electron chi connectivity index (χ1n) is 10.6. The summed E-state index contributed by atoms with van der Waals surface area (Å²) in [4.78, 5) is 39.0. The number of rotatable bonds is 5. The molecule has 0 saturated carbocycles. The normalized spacial score (nSPS) is 15.1. The Morgan fingerprint density at radius 1 is 0.848 bits per heavy atom. The van der Waals surface area contributed by atoms with Crippen molar-refractivity contribution in [3.8, 4) is 5.75 Å². The summed E-state index contributed by atoms with van der Waals surface area (Å²) in [5, 5.41) is 2.25. The Morgan fingerprint density at radius 3 is 2.21 bits per heavy atom. The van der Waals surface area contributed by atoms with Gasteiger partial charge < -0.3 is 4.74 Å². The minimum atomic E-state index is -0.773. The van der Waals surface area contributed by atoms with E-state index in [2.05, 4.69) is 23.5 Å². The molecule has 1 fully saturated rings. The molecule has 0 bridgehead atoms. The molecular weight excluding hydrogens is 416 g/mol. The van der Waals surface area contributed by atoms with Crippen molar-refractivity contribution < 1.29 is 19.1 Å². The van der Waals surface area contributed by atoms with Crippen molar-refractivity contribution in [1.29, 1.82) is 0 Å². The topological polar surface area (TPSA) is 75.7 Å². The molecule has 1 aliphatic rings. The van der Waals surface area contributed by atoms with Crippen molar-refractivity contribution in [2.45, 2.75) is 27.4 Å². The van der Waals surface area contributed by atoms with Crippen molar-refractivity contribution in [3.05, 3.63) is 100 Å². The fraction of sp³-hybridized carbons (Fsp3) is 0.148. The first-order chi connectivity index (χ1) is 15.8. The SMILES string of the molecule is Cc1ccc(N2C(=O)NC(=O)/C(=C\c3ccccc3OCc3cc(C)cc(C)c3)C2=O)cc1. The van der Waals surface area contributed by atoms with Crippen LogP contribution in [0.1, 0.15) is 27.8 Å². The highest BCUT2D eigenvalue weighted by atomic mass is 16.5. The molecule has 0 unspecified atom stereocenters. The van der Waals surface area contributed by atoms with Gasteiger partial charge in [0.1, 0.15) is 17.9 Å². The van der Waals surface area contributed by atoms with Gasteiger partial charge in [0, 0.05) is 5.56 Å². The number of hydrogen-bond donors (Lipinski definition) is 1. The molecular formula is C27H24N2O4. The zero-order valence-corrected chi connectivity index (χ0v) is 18.7. The Hall–Kier alpha value is -4.19. The van der Waals surface area contributed by atoms with Gasteiger partial charge in [-0.1, -0.05) is 65.2 Å². The molecule has 1 saturated heterocycles. The Morgan fingerprint density at radius 2 is 1.52 bits per heavy atom. The van der Waals surface area contributed by atoms with Crippen LogP contribution in [0, 0.1) is 20.8 Å². The predicted molar refractivity (Wildman–Crippen MR) is 127 cm³/mol. The second kappa shape index (κ2) is 9.12. The van der Waals surface area contributed by atoms with E-state index in [-0.39, 0.29) is 5.57 Å². The van der Waals surface area contributed by atoms with Crippen molar-refractivity contribution in [2.75, 3.05) is 4.90 Å². The van der Waals surface area contributed by atoms with Crippen molar-refractivity contribution in [3.63, 3.8) is 0 Å². The van der Waals surface area contributed by atoms with Crippen LogP contribution in [-0.4, -0.2) is 17.8 Å². The summed E-state index contributed by atoms with van der Waals surface area (Å²) in [6.07, 6.45) is 1.46. The maximum absolute atomic E-state index is 13.1. The van der Waals surface area contributed by atoms with Crippen molar-refractivity contribution in [1.82, 2.24) is 5.32 Å². The van der Waals surface area contributed by atoms with E-state index in [9.17, 15) is 14.4 Å². The summed E-state index contributed by atoms with van der Waals surface area (Å²) in [5.41, 5.74) is 5.13. The number of para-hydroxylation sites is 1. The fourth-order valence-electron chi connectivity index (χ4n) is 3.79. The Balaban J connectivity index is 1.63. The highest BCUT2D eigenvalue weighted by molar-refractivity contribution is 6.39. The Bertz CT molecular complexity index is 1260. The fourth-order valence-corrected chi connectivity index (χ4v) is 3.79. The van der Waals surface area contributed by atoms with E-state index < -0.39 is 17.8 Å². The molecule has 166 valence electrons. The predicted octanol–water partition coefficient (Wildman–Crippen LogP) is 4.86. The second-order valence-corrected chi connectivity index (χ2v) is 8.12. The third kappa shape index (κ3) is 4.85. The summed E-state index contributed by atoms with van der Waals surface area (Å²) < 4.78 is 6.02. The molecule has 1 N–H and O–H groups in total. The van der Waals surface area contributed by atoms with Crippen molar-refractivity contribution in [2.24, 2.45) is 0 Å². The molecule has 0 radical (unpaired) electrons. The van der Waals surface area contributed by atoms with Crippen LogP contribution in [0.15, 0.2) is 72.3 Å². The summed E-state index contributed by atoms with van der Waals surface area (Å²) in [6, 6.07) is 19.5. The van der Waals surface area contributed by atoms with E-state index in [4.69, 9.17) is 4.74 Å². The second-order valence-electron chi connectivity index (χ2n) is 8.12. The molecule has 0 atom stereocenters. The van der Waals surface area contributed by atoms with Gasteiger partial charge in [-0.25, -0.2) is 9.69 Å². The number of aryl methyl sites for hydroxylation is 3. The Labute approximate surface area is 192 Å². The van der Waals surface area contributed by atoms with Crippen LogP contribution in [0.25, 0.3) is 6.08 Å². The van der Waals surface area contributed by atoms with Gasteiger partial charge in [0.2, 0.25) is 0 Å². The van der Waals surface area contributed by atoms with E-state index in [1.807, 2.05) is 26.8 Å². The molecule has 4 amide bonds.